The molecule has 4 rings (SSSR count). The zero-order valence-electron chi connectivity index (χ0n) is 20.5. The highest BCUT2D eigenvalue weighted by molar-refractivity contribution is 7.07. The van der Waals surface area contributed by atoms with Crippen LogP contribution in [0.5, 0.6) is 5.75 Å². The topological polar surface area (TPSA) is 174 Å². The SMILES string of the molecule is CCC(Oc1ccc(C(=N)N)cc1)C(c1cscn1)(C(C(=O)O)N1CCNCC1=O)N1CCNCC1=O. The second-order valence-electron chi connectivity index (χ2n) is 8.88. The van der Waals surface area contributed by atoms with E-state index >= 15 is 0 Å². The molecule has 2 aromatic rings. The van der Waals surface area contributed by atoms with Crippen molar-refractivity contribution in [3.05, 3.63) is 46.4 Å². The molecule has 2 amide bonds. The molecule has 0 spiro atoms. The van der Waals surface area contributed by atoms with Crippen molar-refractivity contribution in [3.8, 4) is 5.75 Å². The van der Waals surface area contributed by atoms with E-state index in [9.17, 15) is 19.5 Å². The van der Waals surface area contributed by atoms with Crippen LogP contribution in [0.2, 0.25) is 0 Å². The van der Waals surface area contributed by atoms with Crippen molar-refractivity contribution in [2.45, 2.75) is 31.0 Å². The van der Waals surface area contributed by atoms with E-state index in [1.165, 1.54) is 21.1 Å². The van der Waals surface area contributed by atoms with Crippen LogP contribution >= 0.6 is 11.3 Å². The summed E-state index contributed by atoms with van der Waals surface area (Å²) in [6, 6.07) is 5.12. The Bertz CT molecular complexity index is 1140. The molecule has 3 atom stereocenters. The van der Waals surface area contributed by atoms with Gasteiger partial charge >= 0.3 is 5.97 Å². The Morgan fingerprint density at radius 3 is 2.43 bits per heavy atom. The van der Waals surface area contributed by atoms with Crippen LogP contribution in [0.4, 0.5) is 0 Å². The Hall–Kier alpha value is -3.55. The Labute approximate surface area is 218 Å². The normalized spacial score (nSPS) is 19.7. The number of amides is 2. The maximum Gasteiger partial charge on any atom is 0.329 e. The maximum absolute atomic E-state index is 13.5. The van der Waals surface area contributed by atoms with Crippen molar-refractivity contribution in [1.82, 2.24) is 25.4 Å². The Kier molecular flexibility index (Phi) is 8.05. The fourth-order valence-corrected chi connectivity index (χ4v) is 5.78. The number of amidine groups is 1. The Balaban J connectivity index is 1.92. The van der Waals surface area contributed by atoms with Crippen LogP contribution in [0.3, 0.4) is 0 Å². The lowest BCUT2D eigenvalue weighted by molar-refractivity contribution is -0.173. The van der Waals surface area contributed by atoms with Crippen LogP contribution in [0.1, 0.15) is 24.6 Å². The molecule has 2 aliphatic rings. The number of piperazine rings is 2. The number of hydrogen-bond donors (Lipinski definition) is 5. The van der Waals surface area contributed by atoms with E-state index in [4.69, 9.17) is 15.9 Å². The molecule has 0 bridgehead atoms. The number of nitrogens with one attached hydrogen (secondary N) is 3. The molecule has 6 N–H and O–H groups in total. The molecule has 2 saturated heterocycles. The first-order valence-electron chi connectivity index (χ1n) is 12.0. The summed E-state index contributed by atoms with van der Waals surface area (Å²) in [6.07, 6.45) is -0.573. The number of nitrogens with two attached hydrogens (primary N) is 1. The first-order valence-corrected chi connectivity index (χ1v) is 13.0. The van der Waals surface area contributed by atoms with Gasteiger partial charge in [-0.2, -0.15) is 0 Å². The van der Waals surface area contributed by atoms with Crippen LogP contribution in [-0.4, -0.2) is 94.9 Å². The van der Waals surface area contributed by atoms with E-state index in [-0.39, 0.29) is 43.8 Å². The summed E-state index contributed by atoms with van der Waals surface area (Å²) in [4.78, 5) is 47.1. The van der Waals surface area contributed by atoms with Crippen LogP contribution in [-0.2, 0) is 19.9 Å². The highest BCUT2D eigenvalue weighted by atomic mass is 32.1. The van der Waals surface area contributed by atoms with Gasteiger partial charge in [0.05, 0.1) is 24.3 Å². The van der Waals surface area contributed by atoms with Crippen molar-refractivity contribution < 1.29 is 24.2 Å². The van der Waals surface area contributed by atoms with E-state index < -0.39 is 23.7 Å². The largest absolute Gasteiger partial charge is 0.487 e. The van der Waals surface area contributed by atoms with Crippen molar-refractivity contribution in [1.29, 1.82) is 5.41 Å². The predicted molar refractivity (Wildman–Crippen MR) is 137 cm³/mol. The number of rotatable bonds is 10. The first-order chi connectivity index (χ1) is 17.8. The number of benzene rings is 1. The van der Waals surface area contributed by atoms with Gasteiger partial charge in [-0.15, -0.1) is 11.3 Å². The zero-order chi connectivity index (χ0) is 26.6. The quantitative estimate of drug-likeness (QED) is 0.206. The number of carboxylic acids is 1. The fraction of sp³-hybridized carbons (Fsp3) is 0.458. The van der Waals surface area contributed by atoms with Gasteiger partial charge in [-0.1, -0.05) is 6.92 Å². The molecule has 37 heavy (non-hydrogen) atoms. The second kappa shape index (κ2) is 11.2. The molecule has 12 nitrogen and oxygen atoms in total. The summed E-state index contributed by atoms with van der Waals surface area (Å²) in [7, 11) is 0. The van der Waals surface area contributed by atoms with Crippen molar-refractivity contribution >= 4 is 35.0 Å². The van der Waals surface area contributed by atoms with Gasteiger partial charge in [-0.05, 0) is 30.7 Å². The van der Waals surface area contributed by atoms with Gasteiger partial charge in [0.15, 0.2) is 11.6 Å². The lowest BCUT2D eigenvalue weighted by atomic mass is 9.76. The van der Waals surface area contributed by atoms with Crippen LogP contribution in [0.25, 0.3) is 0 Å². The van der Waals surface area contributed by atoms with Crippen LogP contribution in [0, 0.1) is 5.41 Å². The van der Waals surface area contributed by atoms with Gasteiger partial charge in [0, 0.05) is 37.1 Å². The standard InChI is InChI=1S/C24H31N7O5S/c1-2-18(36-16-5-3-15(4-6-16)22(25)26)24(17-13-37-14-29-17,31-10-8-28-12-20(31)33)21(23(34)35)30-9-7-27-11-19(30)32/h3-6,13-14,18,21,27-28H,2,7-12H2,1H3,(H3,25,26)(H,34,35). The molecule has 2 aliphatic heterocycles. The molecule has 1 aromatic heterocycles. The van der Waals surface area contributed by atoms with E-state index in [0.29, 0.717) is 36.5 Å². The number of aromatic nitrogens is 1. The Morgan fingerprint density at radius 2 is 1.89 bits per heavy atom. The van der Waals surface area contributed by atoms with Gasteiger partial charge in [-0.25, -0.2) is 9.78 Å². The smallest absolute Gasteiger partial charge is 0.329 e. The summed E-state index contributed by atoms with van der Waals surface area (Å²) in [5.74, 6) is -1.60. The highest BCUT2D eigenvalue weighted by Crippen LogP contribution is 2.42. The molecular weight excluding hydrogens is 498 g/mol. The number of nitrogens with zero attached hydrogens (tertiary/aromatic N) is 3. The van der Waals surface area contributed by atoms with Gasteiger partial charge in [0.25, 0.3) is 0 Å². The number of hydrogen-bond acceptors (Lipinski definition) is 9. The summed E-state index contributed by atoms with van der Waals surface area (Å²) < 4.78 is 6.47. The molecule has 3 heterocycles. The van der Waals surface area contributed by atoms with E-state index in [1.54, 1.807) is 35.2 Å². The predicted octanol–water partition coefficient (Wildman–Crippen LogP) is -0.203. The summed E-state index contributed by atoms with van der Waals surface area (Å²) in [5, 5.41) is 26.1. The van der Waals surface area contributed by atoms with E-state index in [2.05, 4.69) is 15.6 Å². The minimum Gasteiger partial charge on any atom is -0.487 e. The maximum atomic E-state index is 13.5. The average molecular weight is 530 g/mol. The van der Waals surface area contributed by atoms with Crippen molar-refractivity contribution in [3.63, 3.8) is 0 Å². The lowest BCUT2D eigenvalue weighted by Gasteiger charge is -2.53. The number of thiazole rings is 1. The molecule has 0 radical (unpaired) electrons. The van der Waals surface area contributed by atoms with E-state index in [0.717, 1.165) is 0 Å². The summed E-state index contributed by atoms with van der Waals surface area (Å²) >= 11 is 1.28. The number of carbonyl (C=O) groups excluding carboxylic acids is 2. The third kappa shape index (κ3) is 5.02. The molecule has 0 aliphatic carbocycles. The van der Waals surface area contributed by atoms with Gasteiger partial charge < -0.3 is 36.0 Å². The molecule has 0 saturated carbocycles. The molecule has 198 valence electrons. The number of aliphatic carboxylic acids is 1. The molecular formula is C24H31N7O5S. The molecule has 3 unspecified atom stereocenters. The van der Waals surface area contributed by atoms with Crippen molar-refractivity contribution in [2.24, 2.45) is 5.73 Å². The van der Waals surface area contributed by atoms with Gasteiger partial charge in [-0.3, -0.25) is 15.0 Å². The van der Waals surface area contributed by atoms with Gasteiger partial charge in [0.2, 0.25) is 11.8 Å². The molecule has 2 fully saturated rings. The van der Waals surface area contributed by atoms with Crippen LogP contribution in [0.15, 0.2) is 35.2 Å². The van der Waals surface area contributed by atoms with Crippen LogP contribution < -0.4 is 21.1 Å². The lowest BCUT2D eigenvalue weighted by Crippen LogP contribution is -2.74. The molecule has 1 aromatic carbocycles. The minimum atomic E-state index is -1.62. The molecule has 13 heteroatoms. The zero-order valence-corrected chi connectivity index (χ0v) is 21.3. The van der Waals surface area contributed by atoms with Crippen molar-refractivity contribution in [2.75, 3.05) is 39.3 Å². The van der Waals surface area contributed by atoms with E-state index in [1.807, 2.05) is 6.92 Å². The average Bonchev–Trinajstić information content (AvgIpc) is 3.43. The Morgan fingerprint density at radius 1 is 1.22 bits per heavy atom. The number of ether oxygens (including phenoxy) is 1. The second-order valence-corrected chi connectivity index (χ2v) is 9.60. The fourth-order valence-electron chi connectivity index (χ4n) is 5.16. The minimum absolute atomic E-state index is 0.00339. The third-order valence-electron chi connectivity index (χ3n) is 6.77. The summed E-state index contributed by atoms with van der Waals surface area (Å²) in [6.45, 7) is 3.11. The first kappa shape index (κ1) is 26.5. The third-order valence-corrected chi connectivity index (χ3v) is 7.36. The monoisotopic (exact) mass is 529 g/mol. The summed E-state index contributed by atoms with van der Waals surface area (Å²) in [5.41, 5.74) is 6.42. The number of carboxylic acid groups (broad SMARTS) is 1. The van der Waals surface area contributed by atoms with Gasteiger partial charge in [0.1, 0.15) is 17.7 Å². The number of nitrogen functional groups attached to an aromatic ring is 1. The number of carbonyl (C=O) groups is 3. The highest BCUT2D eigenvalue weighted by Gasteiger charge is 2.61.